The van der Waals surface area contributed by atoms with Gasteiger partial charge in [0.05, 0.1) is 21.8 Å². The van der Waals surface area contributed by atoms with Crippen LogP contribution in [0.4, 0.5) is 22.0 Å². The summed E-state index contributed by atoms with van der Waals surface area (Å²) in [6.45, 7) is 3.37. The van der Waals surface area contributed by atoms with E-state index in [-0.39, 0.29) is 21.8 Å². The number of halogens is 5. The number of benzene rings is 6. The number of hydrogen-bond acceptors (Lipinski definition) is 0. The average molecular weight is 895 g/mol. The smallest absolute Gasteiger partial charge is 0.207 e. The molecule has 3 aliphatic carbocycles. The topological polar surface area (TPSA) is 0 Å². The maximum atomic E-state index is 11.9. The second kappa shape index (κ2) is 24.1. The summed E-state index contributed by atoms with van der Waals surface area (Å²) in [5.74, 6) is 0.611. The van der Waals surface area contributed by atoms with E-state index in [0.29, 0.717) is 0 Å². The fraction of sp³-hybridized carbons (Fsp3) is 0.357. The van der Waals surface area contributed by atoms with Gasteiger partial charge in [0.25, 0.3) is 5.92 Å². The molecule has 3 saturated carbocycles. The second-order valence-electron chi connectivity index (χ2n) is 16.9. The first kappa shape index (κ1) is 48.1. The highest BCUT2D eigenvalue weighted by Crippen LogP contribution is 2.49. The van der Waals surface area contributed by atoms with Crippen molar-refractivity contribution in [1.29, 1.82) is 0 Å². The number of hydrogen-bond donors (Lipinski definition) is 0. The minimum Gasteiger partial charge on any atom is -0.207 e. The van der Waals surface area contributed by atoms with Gasteiger partial charge in [-0.1, -0.05) is 149 Å². The van der Waals surface area contributed by atoms with Crippen LogP contribution in [0.15, 0.2) is 205 Å². The van der Waals surface area contributed by atoms with Crippen LogP contribution in [0, 0.1) is 17.8 Å². The minimum absolute atomic E-state index is 0.0146. The van der Waals surface area contributed by atoms with Gasteiger partial charge in [0.2, 0.25) is 0 Å². The fourth-order valence-electron chi connectivity index (χ4n) is 9.21. The van der Waals surface area contributed by atoms with Crippen LogP contribution in [-0.2, 0) is 21.8 Å². The van der Waals surface area contributed by atoms with Crippen molar-refractivity contribution in [2.45, 2.75) is 138 Å². The molecule has 0 aliphatic heterocycles. The highest BCUT2D eigenvalue weighted by molar-refractivity contribution is 7.97. The lowest BCUT2D eigenvalue weighted by Gasteiger charge is -2.22. The summed E-state index contributed by atoms with van der Waals surface area (Å²) in [5, 5.41) is 0. The molecule has 0 N–H and O–H groups in total. The average Bonchev–Trinajstić information content (AvgIpc) is 3.96. The van der Waals surface area contributed by atoms with Gasteiger partial charge in [0.15, 0.2) is 29.4 Å². The van der Waals surface area contributed by atoms with Gasteiger partial charge in [-0.15, -0.1) is 0 Å². The Labute approximate surface area is 379 Å². The van der Waals surface area contributed by atoms with Gasteiger partial charge < -0.3 is 0 Å². The molecule has 0 saturated heterocycles. The van der Waals surface area contributed by atoms with Crippen LogP contribution in [0.2, 0.25) is 0 Å². The molecule has 0 spiro atoms. The normalized spacial score (nSPS) is 18.4. The lowest BCUT2D eigenvalue weighted by Crippen LogP contribution is -2.24. The monoisotopic (exact) mass is 894 g/mol. The third-order valence-electron chi connectivity index (χ3n) is 12.5. The van der Waals surface area contributed by atoms with E-state index in [2.05, 4.69) is 183 Å². The minimum atomic E-state index is -4.76. The third kappa shape index (κ3) is 14.9. The van der Waals surface area contributed by atoms with Crippen LogP contribution < -0.4 is 0 Å². The Morgan fingerprint density at radius 3 is 1.10 bits per heavy atom. The molecule has 0 amide bonds. The molecular weight excluding hydrogens is 832 g/mol. The van der Waals surface area contributed by atoms with Crippen LogP contribution in [0.3, 0.4) is 0 Å². The maximum Gasteiger partial charge on any atom is 0.394 e. The Morgan fingerprint density at radius 2 is 0.825 bits per heavy atom. The zero-order valence-electron chi connectivity index (χ0n) is 36.7. The van der Waals surface area contributed by atoms with E-state index in [4.69, 9.17) is 0 Å². The fourth-order valence-corrected chi connectivity index (χ4v) is 13.4. The molecule has 0 nitrogen and oxygen atoms in total. The van der Waals surface area contributed by atoms with Crippen molar-refractivity contribution in [2.75, 3.05) is 0 Å². The van der Waals surface area contributed by atoms with Crippen molar-refractivity contribution in [3.05, 3.63) is 181 Å². The summed E-state index contributed by atoms with van der Waals surface area (Å²) in [6.07, 6.45) is 7.09. The van der Waals surface area contributed by atoms with Gasteiger partial charge >= 0.3 is 6.18 Å². The molecule has 0 radical (unpaired) electrons. The first-order chi connectivity index (χ1) is 30.5. The predicted molar refractivity (Wildman–Crippen MR) is 254 cm³/mol. The standard InChI is InChI=1S/C24H25S.C18H15S.C9H16.C5H7F5/c1-4-10-20(11-5-1)21-16-18-24(19-17-21)25(22-12-6-2-7-13-22)23-14-8-3-9-15-23;1-4-10-16(11-5-1)19(17-12-6-2-7-13-17)18-14-8-3-9-15-18;1-2-8-5-7-3-4-9(8)6-7;1-2-4(6,7)3-5(8,9)10/h2-3,6-9,12-20H,1,4-5,10-11H2;1-15H;7-9H,2-6H2,1H3;2-3H2,1H3/q2*+1;;. The molecule has 9 rings (SSSR count). The van der Waals surface area contributed by atoms with Gasteiger partial charge in [0.1, 0.15) is 6.42 Å². The summed E-state index contributed by atoms with van der Waals surface area (Å²) in [7, 11) is -0.0425. The zero-order valence-corrected chi connectivity index (χ0v) is 38.4. The zero-order chi connectivity index (χ0) is 44.5. The summed E-state index contributed by atoms with van der Waals surface area (Å²) >= 11 is 0. The van der Waals surface area contributed by atoms with Crippen molar-refractivity contribution in [3.63, 3.8) is 0 Å². The Bertz CT molecular complexity index is 2010. The van der Waals surface area contributed by atoms with Crippen molar-refractivity contribution in [1.82, 2.24) is 0 Å². The summed E-state index contributed by atoms with van der Waals surface area (Å²) in [4.78, 5) is 8.27. The molecule has 3 fully saturated rings. The predicted octanol–water partition coefficient (Wildman–Crippen LogP) is 17.4. The van der Waals surface area contributed by atoms with Crippen molar-refractivity contribution < 1.29 is 22.0 Å². The molecule has 7 heteroatoms. The number of fused-ring (bicyclic) bond motifs is 2. The van der Waals surface area contributed by atoms with E-state index >= 15 is 0 Å². The highest BCUT2D eigenvalue weighted by Gasteiger charge is 2.42. The highest BCUT2D eigenvalue weighted by atomic mass is 32.2. The molecule has 332 valence electrons. The van der Waals surface area contributed by atoms with E-state index < -0.39 is 24.9 Å². The molecule has 2 bridgehead atoms. The second-order valence-corrected chi connectivity index (χ2v) is 21.0. The van der Waals surface area contributed by atoms with Crippen LogP contribution in [0.5, 0.6) is 0 Å². The lowest BCUT2D eigenvalue weighted by molar-refractivity contribution is -0.188. The van der Waals surface area contributed by atoms with Crippen molar-refractivity contribution in [3.8, 4) is 0 Å². The van der Waals surface area contributed by atoms with Gasteiger partial charge in [-0.25, -0.2) is 8.78 Å². The lowest BCUT2D eigenvalue weighted by atomic mass is 9.84. The van der Waals surface area contributed by atoms with Crippen molar-refractivity contribution >= 4 is 21.8 Å². The van der Waals surface area contributed by atoms with Crippen LogP contribution in [-0.4, -0.2) is 12.1 Å². The van der Waals surface area contributed by atoms with E-state index in [1.807, 2.05) is 0 Å². The quantitative estimate of drug-likeness (QED) is 0.0949. The Morgan fingerprint density at radius 1 is 0.444 bits per heavy atom. The largest absolute Gasteiger partial charge is 0.394 e. The summed E-state index contributed by atoms with van der Waals surface area (Å²) in [6, 6.07) is 63.5. The van der Waals surface area contributed by atoms with Gasteiger partial charge in [-0.3, -0.25) is 0 Å². The molecular formula is C56H63F5S2+2. The Hall–Kier alpha value is -4.33. The van der Waals surface area contributed by atoms with E-state index in [0.717, 1.165) is 30.6 Å². The Balaban J connectivity index is 0.000000152. The van der Waals surface area contributed by atoms with E-state index in [1.165, 1.54) is 73.5 Å². The molecule has 6 aromatic rings. The summed E-state index contributed by atoms with van der Waals surface area (Å²) < 4.78 is 57.6. The molecule has 0 aromatic heterocycles. The van der Waals surface area contributed by atoms with Crippen LogP contribution in [0.1, 0.15) is 102 Å². The molecule has 3 atom stereocenters. The van der Waals surface area contributed by atoms with E-state index in [1.54, 1.807) is 25.7 Å². The SMILES string of the molecule is CCC(F)(F)CC(F)(F)F.CCC1CC2CCC1C2.c1ccc([S+](c2ccccc2)c2ccc(C3CCCCC3)cc2)cc1.c1ccc([S+](c2ccccc2)c2ccccc2)cc1. The van der Waals surface area contributed by atoms with Crippen LogP contribution in [0.25, 0.3) is 0 Å². The van der Waals surface area contributed by atoms with Gasteiger partial charge in [0, 0.05) is 6.42 Å². The molecule has 63 heavy (non-hydrogen) atoms. The molecule has 0 heterocycles. The molecule has 3 unspecified atom stereocenters. The number of alkyl halides is 5. The Kier molecular flexibility index (Phi) is 18.4. The molecule has 3 aliphatic rings. The summed E-state index contributed by atoms with van der Waals surface area (Å²) in [5.41, 5.74) is 1.54. The number of rotatable bonds is 10. The van der Waals surface area contributed by atoms with Crippen molar-refractivity contribution in [2.24, 2.45) is 17.8 Å². The van der Waals surface area contributed by atoms with Crippen LogP contribution >= 0.6 is 0 Å². The third-order valence-corrected chi connectivity index (χ3v) is 16.9. The first-order valence-corrected chi connectivity index (χ1v) is 25.3. The van der Waals surface area contributed by atoms with Gasteiger partial charge in [-0.2, -0.15) is 13.2 Å². The first-order valence-electron chi connectivity index (χ1n) is 22.8. The maximum absolute atomic E-state index is 11.9. The molecule has 6 aromatic carbocycles. The van der Waals surface area contributed by atoms with Gasteiger partial charge in [-0.05, 0) is 134 Å². The van der Waals surface area contributed by atoms with E-state index in [9.17, 15) is 22.0 Å².